The van der Waals surface area contributed by atoms with Crippen molar-refractivity contribution >= 4 is 19.8 Å². The Hall–Kier alpha value is -2.49. The van der Waals surface area contributed by atoms with Crippen molar-refractivity contribution in [2.45, 2.75) is 78.0 Å². The van der Waals surface area contributed by atoms with Crippen LogP contribution in [0.3, 0.4) is 0 Å². The van der Waals surface area contributed by atoms with Crippen LogP contribution < -0.4 is 16.5 Å². The minimum absolute atomic E-state index is 0.532. The van der Waals surface area contributed by atoms with Gasteiger partial charge < -0.3 is 11.1 Å². The zero-order valence-corrected chi connectivity index (χ0v) is 22.8. The fourth-order valence-electron chi connectivity index (χ4n) is 5.64. The van der Waals surface area contributed by atoms with Gasteiger partial charge in [-0.1, -0.05) is 72.7 Å². The van der Waals surface area contributed by atoms with E-state index >= 15 is 0 Å². The summed E-state index contributed by atoms with van der Waals surface area (Å²) >= 11 is 0. The molecule has 0 radical (unpaired) electrons. The Kier molecular flexibility index (Phi) is 8.41. The maximum atomic E-state index is 6.62. The zero-order valence-electron chi connectivity index (χ0n) is 21.8. The van der Waals surface area contributed by atoms with Gasteiger partial charge in [0, 0.05) is 40.6 Å². The van der Waals surface area contributed by atoms with Crippen molar-refractivity contribution in [1.82, 2.24) is 20.1 Å². The van der Waals surface area contributed by atoms with E-state index in [-0.39, 0.29) is 0 Å². The lowest BCUT2D eigenvalue weighted by Crippen LogP contribution is -2.43. The van der Waals surface area contributed by atoms with Crippen molar-refractivity contribution in [1.29, 1.82) is 0 Å². The Bertz CT molecular complexity index is 1120. The fourth-order valence-corrected chi connectivity index (χ4v) is 7.47. The van der Waals surface area contributed by atoms with Crippen LogP contribution in [0.2, 0.25) is 0 Å². The molecule has 3 N–H and O–H groups in total. The normalized spacial score (nSPS) is 25.3. The van der Waals surface area contributed by atoms with Crippen LogP contribution in [0.1, 0.15) is 60.3 Å². The molecule has 0 amide bonds. The van der Waals surface area contributed by atoms with Crippen LogP contribution in [0.5, 0.6) is 0 Å². The predicted octanol–water partition coefficient (Wildman–Crippen LogP) is 6.03. The highest BCUT2D eigenvalue weighted by Crippen LogP contribution is 2.45. The number of hydrogen-bond donors (Lipinski definition) is 2. The number of fused-ring (bicyclic) bond motifs is 3. The van der Waals surface area contributed by atoms with E-state index in [1.54, 1.807) is 0 Å². The second-order valence-corrected chi connectivity index (χ2v) is 10.6. The van der Waals surface area contributed by atoms with Crippen molar-refractivity contribution in [3.8, 4) is 22.4 Å². The third-order valence-electron chi connectivity index (χ3n) is 7.29. The summed E-state index contributed by atoms with van der Waals surface area (Å²) in [6, 6.07) is 16.0. The van der Waals surface area contributed by atoms with Gasteiger partial charge in [-0.25, -0.2) is 4.68 Å². The highest BCUT2D eigenvalue weighted by atomic mass is 31.1. The molecule has 35 heavy (non-hydrogen) atoms. The lowest BCUT2D eigenvalue weighted by Gasteiger charge is -2.37. The van der Waals surface area contributed by atoms with Crippen LogP contribution in [0.15, 0.2) is 60.4 Å². The number of pyridine rings is 1. The van der Waals surface area contributed by atoms with Crippen molar-refractivity contribution in [2.75, 3.05) is 0 Å². The summed E-state index contributed by atoms with van der Waals surface area (Å²) in [6.07, 6.45) is 9.16. The lowest BCUT2D eigenvalue weighted by atomic mass is 9.86. The number of piperidine rings is 1. The lowest BCUT2D eigenvalue weighted by molar-refractivity contribution is 0.302. The largest absolute Gasteiger partial charge is 0.384 e. The number of hydrogen-bond acceptors (Lipinski definition) is 4. The number of aromatic nitrogens is 3. The standard InChI is InChI=1S/C25H28N5P.2C2H6/c1-15-23(18-11-19-8-9-20(12-18)29-19)31-25-21(14-28-30(25)24(15)26)17-7-10-22(27-13-17)16-5-3-2-4-6-16;2*1-2/h2-7,10,13-14,18-20,23,29,31H,8-9,11-12,26H2,1H3;2*1-2H3. The van der Waals surface area contributed by atoms with Gasteiger partial charge in [0.05, 0.1) is 17.3 Å². The van der Waals surface area contributed by atoms with Gasteiger partial charge in [-0.3, -0.25) is 4.98 Å². The van der Waals surface area contributed by atoms with E-state index in [4.69, 9.17) is 10.7 Å². The average Bonchev–Trinajstić information content (AvgIpc) is 3.51. The summed E-state index contributed by atoms with van der Waals surface area (Å²) in [4.78, 5) is 4.74. The Balaban J connectivity index is 0.000000689. The minimum atomic E-state index is 0.532. The monoisotopic (exact) mass is 489 g/mol. The van der Waals surface area contributed by atoms with E-state index in [0.717, 1.165) is 22.6 Å². The van der Waals surface area contributed by atoms with Gasteiger partial charge in [0.15, 0.2) is 0 Å². The summed E-state index contributed by atoms with van der Waals surface area (Å²) in [7, 11) is 0.694. The van der Waals surface area contributed by atoms with Crippen LogP contribution in [-0.4, -0.2) is 32.5 Å². The molecule has 4 atom stereocenters. The maximum absolute atomic E-state index is 6.62. The smallest absolute Gasteiger partial charge is 0.125 e. The molecule has 4 unspecified atom stereocenters. The number of nitrogens with two attached hydrogens (primary N) is 1. The molecule has 0 aliphatic carbocycles. The maximum Gasteiger partial charge on any atom is 0.125 e. The van der Waals surface area contributed by atoms with Crippen molar-refractivity contribution in [3.63, 3.8) is 0 Å². The molecule has 186 valence electrons. The van der Waals surface area contributed by atoms with E-state index in [1.807, 2.05) is 63.0 Å². The first-order valence-corrected chi connectivity index (χ1v) is 14.3. The molecule has 3 aliphatic heterocycles. The molecular formula is C29H40N5P. The molecule has 2 aromatic heterocycles. The molecule has 1 aromatic carbocycles. The minimum Gasteiger partial charge on any atom is -0.384 e. The first kappa shape index (κ1) is 25.6. The highest BCUT2D eigenvalue weighted by molar-refractivity contribution is 7.48. The van der Waals surface area contributed by atoms with Crippen molar-refractivity contribution in [2.24, 2.45) is 11.7 Å². The van der Waals surface area contributed by atoms with Gasteiger partial charge in [-0.05, 0) is 50.2 Å². The Morgan fingerprint density at radius 2 is 1.60 bits per heavy atom. The van der Waals surface area contributed by atoms with Crippen molar-refractivity contribution < 1.29 is 0 Å². The van der Waals surface area contributed by atoms with E-state index in [2.05, 4.69) is 41.6 Å². The number of allylic oxidation sites excluding steroid dienone is 1. The molecule has 3 aromatic rings. The molecule has 2 bridgehead atoms. The molecule has 0 saturated carbocycles. The molecular weight excluding hydrogens is 449 g/mol. The van der Waals surface area contributed by atoms with Gasteiger partial charge in [0.1, 0.15) is 5.82 Å². The quantitative estimate of drug-likeness (QED) is 0.441. The van der Waals surface area contributed by atoms with Crippen LogP contribution in [0.25, 0.3) is 28.2 Å². The fraction of sp³-hybridized carbons (Fsp3) is 0.448. The molecule has 5 heterocycles. The SMILES string of the molecule is CC.CC.CC1=C(N)n2ncc(-c3ccc(-c4ccccc4)nc3)c2PC1C1CC2CCC(C1)N2. The van der Waals surface area contributed by atoms with Crippen LogP contribution >= 0.6 is 8.58 Å². The van der Waals surface area contributed by atoms with E-state index < -0.39 is 0 Å². The molecule has 2 saturated heterocycles. The van der Waals surface area contributed by atoms with Crippen LogP contribution in [0, 0.1) is 5.92 Å². The third-order valence-corrected chi connectivity index (χ3v) is 9.26. The van der Waals surface area contributed by atoms with E-state index in [9.17, 15) is 0 Å². The molecule has 0 spiro atoms. The Morgan fingerprint density at radius 3 is 2.23 bits per heavy atom. The summed E-state index contributed by atoms with van der Waals surface area (Å²) in [5.74, 6) is 1.54. The molecule has 2 fully saturated rings. The molecule has 6 heteroatoms. The second kappa shape index (κ2) is 11.5. The Labute approximate surface area is 212 Å². The van der Waals surface area contributed by atoms with Gasteiger partial charge in [-0.2, -0.15) is 5.10 Å². The second-order valence-electron chi connectivity index (χ2n) is 9.18. The first-order chi connectivity index (χ1) is 17.2. The topological polar surface area (TPSA) is 68.8 Å². The first-order valence-electron chi connectivity index (χ1n) is 13.3. The average molecular weight is 490 g/mol. The Morgan fingerprint density at radius 1 is 0.914 bits per heavy atom. The van der Waals surface area contributed by atoms with Crippen molar-refractivity contribution in [3.05, 3.63) is 60.4 Å². The van der Waals surface area contributed by atoms with Gasteiger partial charge in [-0.15, -0.1) is 0 Å². The number of nitrogens with one attached hydrogen (secondary N) is 1. The van der Waals surface area contributed by atoms with Gasteiger partial charge in [0.2, 0.25) is 0 Å². The predicted molar refractivity (Wildman–Crippen MR) is 151 cm³/mol. The number of benzene rings is 1. The highest BCUT2D eigenvalue weighted by Gasteiger charge is 2.40. The van der Waals surface area contributed by atoms with E-state index in [1.165, 1.54) is 42.3 Å². The third kappa shape index (κ3) is 5.08. The van der Waals surface area contributed by atoms with Gasteiger partial charge >= 0.3 is 0 Å². The summed E-state index contributed by atoms with van der Waals surface area (Å²) < 4.78 is 1.97. The van der Waals surface area contributed by atoms with Crippen LogP contribution in [0.4, 0.5) is 0 Å². The molecule has 6 rings (SSSR count). The number of nitrogens with zero attached hydrogens (tertiary/aromatic N) is 3. The van der Waals surface area contributed by atoms with E-state index in [0.29, 0.717) is 32.2 Å². The zero-order chi connectivity index (χ0) is 24.9. The summed E-state index contributed by atoms with van der Waals surface area (Å²) in [6.45, 7) is 10.2. The summed E-state index contributed by atoms with van der Waals surface area (Å²) in [5, 5.41) is 8.45. The van der Waals surface area contributed by atoms with Gasteiger partial charge in [0.25, 0.3) is 0 Å². The molecule has 5 nitrogen and oxygen atoms in total. The van der Waals surface area contributed by atoms with Crippen LogP contribution in [-0.2, 0) is 0 Å². The molecule has 3 aliphatic rings. The summed E-state index contributed by atoms with van der Waals surface area (Å²) in [5.41, 5.74) is 14.1. The number of rotatable bonds is 3.